The van der Waals surface area contributed by atoms with Crippen molar-refractivity contribution < 1.29 is 23.1 Å². The molecule has 3 rings (SSSR count). The topological polar surface area (TPSA) is 122 Å². The predicted molar refractivity (Wildman–Crippen MR) is 99.8 cm³/mol. The normalized spacial score (nSPS) is 19.9. The molecule has 1 aliphatic rings. The first kappa shape index (κ1) is 20.1. The van der Waals surface area contributed by atoms with Crippen LogP contribution in [0.4, 0.5) is 0 Å². The minimum Gasteiger partial charge on any atom is -0.389 e. The number of hydrogen-bond acceptors (Lipinski definition) is 8. The van der Waals surface area contributed by atoms with E-state index in [0.717, 1.165) is 11.7 Å². The largest absolute Gasteiger partial charge is 0.389 e. The lowest BCUT2D eigenvalue weighted by atomic mass is 9.99. The van der Waals surface area contributed by atoms with Gasteiger partial charge in [-0.05, 0) is 25.0 Å². The molecule has 2 heterocycles. The van der Waals surface area contributed by atoms with E-state index in [1.165, 1.54) is 17.5 Å². The molecule has 1 aliphatic heterocycles. The highest BCUT2D eigenvalue weighted by Gasteiger charge is 2.34. The summed E-state index contributed by atoms with van der Waals surface area (Å²) in [5, 5.41) is 12.3. The van der Waals surface area contributed by atoms with Crippen LogP contribution in [0.25, 0.3) is 11.0 Å². The molecule has 11 heteroatoms. The summed E-state index contributed by atoms with van der Waals surface area (Å²) in [6, 6.07) is 4.88. The fourth-order valence-electron chi connectivity index (χ4n) is 3.12. The van der Waals surface area contributed by atoms with Gasteiger partial charge in [0.15, 0.2) is 0 Å². The van der Waals surface area contributed by atoms with Gasteiger partial charge in [0.2, 0.25) is 15.9 Å². The first-order chi connectivity index (χ1) is 12.9. The summed E-state index contributed by atoms with van der Waals surface area (Å²) >= 11 is 0.967. The number of aliphatic hydroxyl groups excluding tert-OH is 1. The number of ether oxygens (including phenoxy) is 1. The van der Waals surface area contributed by atoms with Crippen LogP contribution in [0.5, 0.6) is 0 Å². The van der Waals surface area contributed by atoms with Gasteiger partial charge < -0.3 is 15.2 Å². The molecular weight excluding hydrogens is 392 g/mol. The number of methoxy groups -OCH3 is 1. The SMILES string of the molecule is COCC(O)CNC(=O)C1CCCN(S(=O)(=O)c2cccc3nsnc23)C1. The number of hydrogen-bond donors (Lipinski definition) is 2. The molecule has 1 amide bonds. The number of aliphatic hydroxyl groups is 1. The predicted octanol–water partition coefficient (Wildman–Crippen LogP) is 0.215. The Labute approximate surface area is 161 Å². The maximum Gasteiger partial charge on any atom is 0.245 e. The van der Waals surface area contributed by atoms with Gasteiger partial charge in [-0.2, -0.15) is 13.1 Å². The molecule has 2 atom stereocenters. The number of carbonyl (C=O) groups is 1. The van der Waals surface area contributed by atoms with E-state index >= 15 is 0 Å². The third-order valence-electron chi connectivity index (χ3n) is 4.49. The van der Waals surface area contributed by atoms with E-state index in [-0.39, 0.29) is 30.5 Å². The number of rotatable bonds is 7. The second-order valence-electron chi connectivity index (χ2n) is 6.44. The Hall–Kier alpha value is -1.66. The lowest BCUT2D eigenvalue weighted by Gasteiger charge is -2.31. The molecule has 2 N–H and O–H groups in total. The first-order valence-corrected chi connectivity index (χ1v) is 10.8. The Bertz CT molecular complexity index is 901. The monoisotopic (exact) mass is 414 g/mol. The quantitative estimate of drug-likeness (QED) is 0.664. The summed E-state index contributed by atoms with van der Waals surface area (Å²) < 4.78 is 40.5. The average Bonchev–Trinajstić information content (AvgIpc) is 3.15. The zero-order valence-corrected chi connectivity index (χ0v) is 16.5. The fourth-order valence-corrected chi connectivity index (χ4v) is 5.39. The Morgan fingerprint density at radius 2 is 2.30 bits per heavy atom. The zero-order chi connectivity index (χ0) is 19.4. The standard InChI is InChI=1S/C16H22N4O5S2/c1-25-10-12(21)8-17-16(22)11-4-3-7-20(9-11)27(23,24)14-6-2-5-13-15(14)19-26-18-13/h2,5-6,11-12,21H,3-4,7-10H2,1H3,(H,17,22). The van der Waals surface area contributed by atoms with E-state index in [9.17, 15) is 18.3 Å². The molecule has 1 saturated heterocycles. The van der Waals surface area contributed by atoms with Crippen molar-refractivity contribution >= 4 is 38.7 Å². The molecule has 1 aromatic carbocycles. The van der Waals surface area contributed by atoms with E-state index in [2.05, 4.69) is 14.1 Å². The van der Waals surface area contributed by atoms with Crippen LogP contribution < -0.4 is 5.32 Å². The molecule has 2 aromatic rings. The van der Waals surface area contributed by atoms with Crippen molar-refractivity contribution in [3.05, 3.63) is 18.2 Å². The number of piperidine rings is 1. The van der Waals surface area contributed by atoms with Gasteiger partial charge in [-0.25, -0.2) is 8.42 Å². The van der Waals surface area contributed by atoms with Gasteiger partial charge in [0.25, 0.3) is 0 Å². The van der Waals surface area contributed by atoms with Crippen molar-refractivity contribution in [2.24, 2.45) is 5.92 Å². The summed E-state index contributed by atoms with van der Waals surface area (Å²) in [5.41, 5.74) is 0.899. The highest BCUT2D eigenvalue weighted by Crippen LogP contribution is 2.28. The van der Waals surface area contributed by atoms with Crippen LogP contribution in [0.2, 0.25) is 0 Å². The van der Waals surface area contributed by atoms with E-state index < -0.39 is 22.0 Å². The molecule has 1 aromatic heterocycles. The third kappa shape index (κ3) is 4.43. The molecule has 0 saturated carbocycles. The van der Waals surface area contributed by atoms with Gasteiger partial charge in [-0.15, -0.1) is 0 Å². The van der Waals surface area contributed by atoms with Crippen LogP contribution in [0, 0.1) is 5.92 Å². The molecule has 0 spiro atoms. The number of aromatic nitrogens is 2. The van der Waals surface area contributed by atoms with Crippen LogP contribution in [0.15, 0.2) is 23.1 Å². The summed E-state index contributed by atoms with van der Waals surface area (Å²) in [6.45, 7) is 0.645. The van der Waals surface area contributed by atoms with Gasteiger partial charge in [-0.1, -0.05) is 6.07 Å². The fraction of sp³-hybridized carbons (Fsp3) is 0.562. The number of benzene rings is 1. The molecule has 148 valence electrons. The lowest BCUT2D eigenvalue weighted by Crippen LogP contribution is -2.46. The van der Waals surface area contributed by atoms with Gasteiger partial charge in [0.1, 0.15) is 15.9 Å². The van der Waals surface area contributed by atoms with Crippen LogP contribution in [0.3, 0.4) is 0 Å². The van der Waals surface area contributed by atoms with Crippen LogP contribution in [-0.2, 0) is 19.6 Å². The second-order valence-corrected chi connectivity index (χ2v) is 8.88. The van der Waals surface area contributed by atoms with Crippen molar-refractivity contribution in [2.75, 3.05) is 33.4 Å². The number of fused-ring (bicyclic) bond motifs is 1. The van der Waals surface area contributed by atoms with Crippen molar-refractivity contribution in [3.8, 4) is 0 Å². The molecule has 27 heavy (non-hydrogen) atoms. The summed E-state index contributed by atoms with van der Waals surface area (Å²) in [5.74, 6) is -0.727. The molecular formula is C16H22N4O5S2. The maximum absolute atomic E-state index is 13.1. The van der Waals surface area contributed by atoms with Crippen molar-refractivity contribution in [3.63, 3.8) is 0 Å². The van der Waals surface area contributed by atoms with Crippen molar-refractivity contribution in [2.45, 2.75) is 23.8 Å². The highest BCUT2D eigenvalue weighted by molar-refractivity contribution is 7.89. The summed E-state index contributed by atoms with van der Waals surface area (Å²) in [7, 11) is -2.31. The van der Waals surface area contributed by atoms with Crippen LogP contribution in [0.1, 0.15) is 12.8 Å². The number of nitrogens with one attached hydrogen (secondary N) is 1. The maximum atomic E-state index is 13.1. The Kier molecular flexibility index (Phi) is 6.37. The molecule has 9 nitrogen and oxygen atoms in total. The van der Waals surface area contributed by atoms with E-state index in [4.69, 9.17) is 4.74 Å². The second kappa shape index (κ2) is 8.57. The number of nitrogens with zero attached hydrogens (tertiary/aromatic N) is 3. The molecule has 0 bridgehead atoms. The third-order valence-corrected chi connectivity index (χ3v) is 6.93. The van der Waals surface area contributed by atoms with Crippen LogP contribution >= 0.6 is 11.7 Å². The average molecular weight is 415 g/mol. The minimum atomic E-state index is -3.78. The van der Waals surface area contributed by atoms with Crippen LogP contribution in [-0.4, -0.2) is 71.9 Å². The zero-order valence-electron chi connectivity index (χ0n) is 14.9. The van der Waals surface area contributed by atoms with E-state index in [1.54, 1.807) is 12.1 Å². The molecule has 0 aliphatic carbocycles. The number of carbonyl (C=O) groups excluding carboxylic acids is 1. The van der Waals surface area contributed by atoms with Gasteiger partial charge in [0, 0.05) is 26.7 Å². The van der Waals surface area contributed by atoms with E-state index in [1.807, 2.05) is 0 Å². The molecule has 0 radical (unpaired) electrons. The van der Waals surface area contributed by atoms with Gasteiger partial charge in [0.05, 0.1) is 30.4 Å². The lowest BCUT2D eigenvalue weighted by molar-refractivity contribution is -0.126. The van der Waals surface area contributed by atoms with Crippen molar-refractivity contribution in [1.82, 2.24) is 18.4 Å². The van der Waals surface area contributed by atoms with Gasteiger partial charge in [-0.3, -0.25) is 4.79 Å². The summed E-state index contributed by atoms with van der Waals surface area (Å²) in [6.07, 6.45) is 0.390. The summed E-state index contributed by atoms with van der Waals surface area (Å²) in [4.78, 5) is 12.5. The molecule has 2 unspecified atom stereocenters. The Balaban J connectivity index is 1.72. The number of amides is 1. The number of sulfonamides is 1. The smallest absolute Gasteiger partial charge is 0.245 e. The van der Waals surface area contributed by atoms with Crippen molar-refractivity contribution in [1.29, 1.82) is 0 Å². The van der Waals surface area contributed by atoms with E-state index in [0.29, 0.717) is 30.4 Å². The Morgan fingerprint density at radius 1 is 1.48 bits per heavy atom. The molecule has 1 fully saturated rings. The Morgan fingerprint density at radius 3 is 3.07 bits per heavy atom. The van der Waals surface area contributed by atoms with Gasteiger partial charge >= 0.3 is 0 Å². The first-order valence-electron chi connectivity index (χ1n) is 8.59. The highest BCUT2D eigenvalue weighted by atomic mass is 32.2. The minimum absolute atomic E-state index is 0.0692.